The first-order valence-corrected chi connectivity index (χ1v) is 9.91. The van der Waals surface area contributed by atoms with E-state index in [1.54, 1.807) is 6.08 Å². The van der Waals surface area contributed by atoms with Crippen LogP contribution >= 0.6 is 22.6 Å². The Hall–Kier alpha value is -2.28. The van der Waals surface area contributed by atoms with E-state index in [0.717, 1.165) is 26.0 Å². The van der Waals surface area contributed by atoms with Crippen molar-refractivity contribution in [3.8, 4) is 11.5 Å². The van der Waals surface area contributed by atoms with Gasteiger partial charge in [-0.05, 0) is 73.2 Å². The third-order valence-electron chi connectivity index (χ3n) is 4.00. The van der Waals surface area contributed by atoms with Gasteiger partial charge in [0.15, 0.2) is 11.5 Å². The Balaban J connectivity index is 1.95. The number of hydrogen-bond donors (Lipinski definition) is 0. The van der Waals surface area contributed by atoms with Crippen LogP contribution in [0.15, 0.2) is 48.0 Å². The first kappa shape index (κ1) is 19.5. The van der Waals surface area contributed by atoms with Gasteiger partial charge in [-0.1, -0.05) is 29.8 Å². The van der Waals surface area contributed by atoms with Gasteiger partial charge in [0.1, 0.15) is 5.76 Å². The van der Waals surface area contributed by atoms with Gasteiger partial charge in [-0.2, -0.15) is 0 Å². The highest BCUT2D eigenvalue weighted by molar-refractivity contribution is 14.1. The molecule has 0 atom stereocenters. The van der Waals surface area contributed by atoms with Crippen LogP contribution < -0.4 is 9.47 Å². The van der Waals surface area contributed by atoms with Gasteiger partial charge in [0.05, 0.1) is 22.4 Å². The first-order valence-electron chi connectivity index (χ1n) is 8.83. The Labute approximate surface area is 173 Å². The summed E-state index contributed by atoms with van der Waals surface area (Å²) in [6, 6.07) is 11.7. The number of hydrogen-bond acceptors (Lipinski definition) is 4. The molecule has 3 rings (SSSR count). The minimum Gasteiger partial charge on any atom is -0.490 e. The van der Waals surface area contributed by atoms with Crippen LogP contribution in [0.5, 0.6) is 11.5 Å². The predicted octanol–water partition coefficient (Wildman–Crippen LogP) is 5.38. The van der Waals surface area contributed by atoms with Gasteiger partial charge < -0.3 is 14.2 Å². The molecular weight excluding hydrogens is 455 g/mol. The third-order valence-corrected chi connectivity index (χ3v) is 4.80. The van der Waals surface area contributed by atoms with Crippen molar-refractivity contribution in [3.05, 3.63) is 68.3 Å². The van der Waals surface area contributed by atoms with Crippen molar-refractivity contribution < 1.29 is 19.0 Å². The highest BCUT2D eigenvalue weighted by Crippen LogP contribution is 2.36. The van der Waals surface area contributed by atoms with E-state index in [2.05, 4.69) is 22.6 Å². The standard InChI is InChI=1S/C22H21IO4/c1-4-25-20-12-15(11-18(23)21(20)26-5-2)10-17-13-19(27-22(17)24)16-8-6-14(3)7-9-16/h6-13H,4-5H2,1-3H3/b17-10-. The molecule has 140 valence electrons. The second-order valence-electron chi connectivity index (χ2n) is 6.06. The lowest BCUT2D eigenvalue weighted by molar-refractivity contribution is -0.130. The fourth-order valence-corrected chi connectivity index (χ4v) is 3.53. The lowest BCUT2D eigenvalue weighted by Crippen LogP contribution is -2.01. The zero-order chi connectivity index (χ0) is 19.4. The second-order valence-corrected chi connectivity index (χ2v) is 7.22. The maximum Gasteiger partial charge on any atom is 0.343 e. The zero-order valence-corrected chi connectivity index (χ0v) is 17.7. The van der Waals surface area contributed by atoms with Crippen molar-refractivity contribution in [2.45, 2.75) is 20.8 Å². The van der Waals surface area contributed by atoms with E-state index in [0.29, 0.717) is 30.3 Å². The molecule has 27 heavy (non-hydrogen) atoms. The van der Waals surface area contributed by atoms with Crippen LogP contribution in [0.3, 0.4) is 0 Å². The summed E-state index contributed by atoms with van der Waals surface area (Å²) in [4.78, 5) is 12.3. The number of halogens is 1. The van der Waals surface area contributed by atoms with E-state index >= 15 is 0 Å². The van der Waals surface area contributed by atoms with E-state index in [9.17, 15) is 4.79 Å². The average molecular weight is 476 g/mol. The van der Waals surface area contributed by atoms with Crippen LogP contribution in [-0.2, 0) is 9.53 Å². The quantitative estimate of drug-likeness (QED) is 0.319. The molecule has 0 aliphatic carbocycles. The van der Waals surface area contributed by atoms with E-state index in [1.165, 1.54) is 0 Å². The molecular formula is C22H21IO4. The van der Waals surface area contributed by atoms with Crippen molar-refractivity contribution in [1.29, 1.82) is 0 Å². The topological polar surface area (TPSA) is 44.8 Å². The fraction of sp³-hybridized carbons (Fsp3) is 0.227. The smallest absolute Gasteiger partial charge is 0.343 e. The van der Waals surface area contributed by atoms with Crippen LogP contribution in [0.4, 0.5) is 0 Å². The third kappa shape index (κ3) is 4.53. The van der Waals surface area contributed by atoms with Gasteiger partial charge in [-0.15, -0.1) is 0 Å². The lowest BCUT2D eigenvalue weighted by Gasteiger charge is -2.13. The van der Waals surface area contributed by atoms with Crippen molar-refractivity contribution in [1.82, 2.24) is 0 Å². The molecule has 0 spiro atoms. The number of ether oxygens (including phenoxy) is 3. The summed E-state index contributed by atoms with van der Waals surface area (Å²) in [5.41, 5.74) is 3.41. The van der Waals surface area contributed by atoms with Crippen LogP contribution in [0.25, 0.3) is 11.8 Å². The van der Waals surface area contributed by atoms with Crippen molar-refractivity contribution >= 4 is 40.4 Å². The number of rotatable bonds is 6. The zero-order valence-electron chi connectivity index (χ0n) is 15.5. The van der Waals surface area contributed by atoms with Crippen LogP contribution in [-0.4, -0.2) is 19.2 Å². The molecule has 2 aromatic rings. The normalized spacial score (nSPS) is 14.9. The minimum absolute atomic E-state index is 0.354. The summed E-state index contributed by atoms with van der Waals surface area (Å²) in [6.45, 7) is 6.99. The summed E-state index contributed by atoms with van der Waals surface area (Å²) >= 11 is 2.22. The molecule has 1 aliphatic rings. The molecule has 1 heterocycles. The lowest BCUT2D eigenvalue weighted by atomic mass is 10.1. The van der Waals surface area contributed by atoms with Crippen molar-refractivity contribution in [2.75, 3.05) is 13.2 Å². The molecule has 0 radical (unpaired) electrons. The maximum absolute atomic E-state index is 12.3. The van der Waals surface area contributed by atoms with Gasteiger partial charge in [-0.3, -0.25) is 0 Å². The molecule has 1 aliphatic heterocycles. The molecule has 5 heteroatoms. The van der Waals surface area contributed by atoms with E-state index in [1.807, 2.05) is 63.2 Å². The van der Waals surface area contributed by atoms with Crippen molar-refractivity contribution in [2.24, 2.45) is 0 Å². The maximum atomic E-state index is 12.3. The summed E-state index contributed by atoms with van der Waals surface area (Å²) in [5, 5.41) is 0. The van der Waals surface area contributed by atoms with Crippen LogP contribution in [0.2, 0.25) is 0 Å². The molecule has 0 unspecified atom stereocenters. The summed E-state index contributed by atoms with van der Waals surface area (Å²) in [7, 11) is 0. The van der Waals surface area contributed by atoms with Gasteiger partial charge in [-0.25, -0.2) is 4.79 Å². The largest absolute Gasteiger partial charge is 0.490 e. The Morgan fingerprint density at radius 1 is 1.07 bits per heavy atom. The molecule has 4 nitrogen and oxygen atoms in total. The Kier molecular flexibility index (Phi) is 6.21. The van der Waals surface area contributed by atoms with Crippen LogP contribution in [0.1, 0.15) is 30.5 Å². The fourth-order valence-electron chi connectivity index (χ4n) is 2.75. The number of aryl methyl sites for hydroxylation is 1. The number of cyclic esters (lactones) is 1. The van der Waals surface area contributed by atoms with Gasteiger partial charge in [0, 0.05) is 5.56 Å². The Bertz CT molecular complexity index is 911. The summed E-state index contributed by atoms with van der Waals surface area (Å²) in [5.74, 6) is 1.61. The molecule has 0 fully saturated rings. The first-order chi connectivity index (χ1) is 13.0. The van der Waals surface area contributed by atoms with Gasteiger partial charge in [0.2, 0.25) is 0 Å². The monoisotopic (exact) mass is 476 g/mol. The van der Waals surface area contributed by atoms with Gasteiger partial charge >= 0.3 is 5.97 Å². The molecule has 2 aromatic carbocycles. The van der Waals surface area contributed by atoms with E-state index < -0.39 is 0 Å². The average Bonchev–Trinajstić information content (AvgIpc) is 2.99. The molecule has 0 saturated carbocycles. The second kappa shape index (κ2) is 8.61. The molecule has 0 saturated heterocycles. The number of carbonyl (C=O) groups is 1. The van der Waals surface area contributed by atoms with Crippen molar-refractivity contribution in [3.63, 3.8) is 0 Å². The number of esters is 1. The van der Waals surface area contributed by atoms with E-state index in [-0.39, 0.29) is 5.97 Å². The van der Waals surface area contributed by atoms with E-state index in [4.69, 9.17) is 14.2 Å². The molecule has 0 aromatic heterocycles. The Morgan fingerprint density at radius 3 is 2.44 bits per heavy atom. The highest BCUT2D eigenvalue weighted by Gasteiger charge is 2.22. The van der Waals surface area contributed by atoms with Crippen LogP contribution in [0, 0.1) is 10.5 Å². The van der Waals surface area contributed by atoms with Gasteiger partial charge in [0.25, 0.3) is 0 Å². The summed E-state index contributed by atoms with van der Waals surface area (Å²) in [6.07, 6.45) is 3.58. The SMILES string of the molecule is CCOc1cc(/C=C2/C=C(c3ccc(C)cc3)OC2=O)cc(I)c1OCC. The predicted molar refractivity (Wildman–Crippen MR) is 115 cm³/mol. The Morgan fingerprint density at radius 2 is 1.78 bits per heavy atom. The molecule has 0 N–H and O–H groups in total. The summed E-state index contributed by atoms with van der Waals surface area (Å²) < 4.78 is 17.8. The highest BCUT2D eigenvalue weighted by atomic mass is 127. The minimum atomic E-state index is -0.354. The molecule has 0 amide bonds. The number of carbonyl (C=O) groups excluding carboxylic acids is 1. The molecule has 0 bridgehead atoms. The number of benzene rings is 2.